The maximum absolute atomic E-state index is 2.16. The molecule has 5 rings (SSSR count). The molecule has 4 bridgehead atoms. The summed E-state index contributed by atoms with van der Waals surface area (Å²) in [5.41, 5.74) is 0. The summed E-state index contributed by atoms with van der Waals surface area (Å²) in [6, 6.07) is 0. The highest BCUT2D eigenvalue weighted by molar-refractivity contribution is 8.78. The zero-order valence-electron chi connectivity index (χ0n) is 9.23. The van der Waals surface area contributed by atoms with Gasteiger partial charge in [0.2, 0.25) is 0 Å². The van der Waals surface area contributed by atoms with Gasteiger partial charge in [-0.3, -0.25) is 0 Å². The molecule has 1 aliphatic heterocycles. The van der Waals surface area contributed by atoms with Crippen LogP contribution in [0.25, 0.3) is 0 Å². The van der Waals surface area contributed by atoms with Crippen LogP contribution in [0.3, 0.4) is 0 Å². The molecule has 0 amide bonds. The Morgan fingerprint density at radius 1 is 0.733 bits per heavy atom. The lowest BCUT2D eigenvalue weighted by Crippen LogP contribution is -2.38. The Balaban J connectivity index is 0.000000123. The summed E-state index contributed by atoms with van der Waals surface area (Å²) in [4.78, 5) is 0. The van der Waals surface area contributed by atoms with E-state index in [1.54, 1.807) is 38.5 Å². The standard InChI is InChI=1S/C10H16.C3H4S2/c1-7-2-9-4-8(1)5-10(3-7)6-9;1-2-4-5-3-1/h7-10H,1-6H2;1-2H,3H2. The predicted octanol–water partition coefficient (Wildman–Crippen LogP) is 4.73. The van der Waals surface area contributed by atoms with E-state index in [1.165, 1.54) is 29.4 Å². The maximum atomic E-state index is 2.16. The van der Waals surface area contributed by atoms with Crippen LogP contribution in [0.4, 0.5) is 0 Å². The zero-order valence-corrected chi connectivity index (χ0v) is 10.9. The minimum atomic E-state index is 1.18. The van der Waals surface area contributed by atoms with Crippen LogP contribution in [0.15, 0.2) is 11.5 Å². The first-order chi connectivity index (χ1) is 7.40. The lowest BCUT2D eigenvalue weighted by atomic mass is 9.56. The van der Waals surface area contributed by atoms with E-state index in [2.05, 4.69) is 11.5 Å². The molecule has 0 aromatic heterocycles. The fraction of sp³-hybridized carbons (Fsp3) is 0.846. The minimum absolute atomic E-state index is 1.18. The Morgan fingerprint density at radius 2 is 1.20 bits per heavy atom. The maximum Gasteiger partial charge on any atom is 0.0229 e. The smallest absolute Gasteiger partial charge is 0.0229 e. The lowest BCUT2D eigenvalue weighted by molar-refractivity contribution is 0.0198. The first-order valence-electron chi connectivity index (χ1n) is 6.33. The van der Waals surface area contributed by atoms with Crippen molar-refractivity contribution >= 4 is 21.6 Å². The summed E-state index contributed by atoms with van der Waals surface area (Å²) in [6.45, 7) is 0. The van der Waals surface area contributed by atoms with Crippen molar-refractivity contribution in [2.24, 2.45) is 23.7 Å². The van der Waals surface area contributed by atoms with Crippen molar-refractivity contribution in [2.75, 3.05) is 5.75 Å². The Kier molecular flexibility index (Phi) is 3.35. The third-order valence-corrected chi connectivity index (χ3v) is 6.30. The summed E-state index contributed by atoms with van der Waals surface area (Å²) in [5.74, 6) is 5.91. The number of hydrogen-bond acceptors (Lipinski definition) is 2. The molecule has 4 fully saturated rings. The van der Waals surface area contributed by atoms with Crippen LogP contribution in [-0.2, 0) is 0 Å². The Hall–Kier alpha value is 0.440. The average Bonchev–Trinajstić information content (AvgIpc) is 2.72. The molecular formula is C13H20S2. The third kappa shape index (κ3) is 2.58. The monoisotopic (exact) mass is 240 g/mol. The van der Waals surface area contributed by atoms with Crippen molar-refractivity contribution < 1.29 is 0 Å². The minimum Gasteiger partial charge on any atom is -0.0854 e. The number of hydrogen-bond donors (Lipinski definition) is 0. The van der Waals surface area contributed by atoms with Crippen LogP contribution in [0.1, 0.15) is 38.5 Å². The lowest BCUT2D eigenvalue weighted by Gasteiger charge is -2.49. The summed E-state index contributed by atoms with van der Waals surface area (Å²) in [7, 11) is 3.69. The van der Waals surface area contributed by atoms with Crippen LogP contribution < -0.4 is 0 Å². The molecule has 4 aliphatic carbocycles. The Morgan fingerprint density at radius 3 is 1.40 bits per heavy atom. The van der Waals surface area contributed by atoms with Crippen LogP contribution in [0.5, 0.6) is 0 Å². The predicted molar refractivity (Wildman–Crippen MR) is 70.9 cm³/mol. The second-order valence-corrected chi connectivity index (χ2v) is 7.95. The molecule has 15 heavy (non-hydrogen) atoms. The van der Waals surface area contributed by atoms with Gasteiger partial charge in [0.1, 0.15) is 0 Å². The van der Waals surface area contributed by atoms with Crippen molar-refractivity contribution in [1.29, 1.82) is 0 Å². The molecule has 0 radical (unpaired) electrons. The Labute approximate surface area is 101 Å². The molecular weight excluding hydrogens is 220 g/mol. The average molecular weight is 240 g/mol. The van der Waals surface area contributed by atoms with E-state index in [1.807, 2.05) is 21.6 Å². The zero-order chi connectivity index (χ0) is 10.1. The van der Waals surface area contributed by atoms with Crippen molar-refractivity contribution in [3.63, 3.8) is 0 Å². The van der Waals surface area contributed by atoms with Crippen molar-refractivity contribution in [2.45, 2.75) is 38.5 Å². The van der Waals surface area contributed by atoms with Gasteiger partial charge in [0.25, 0.3) is 0 Å². The van der Waals surface area contributed by atoms with Gasteiger partial charge in [0.05, 0.1) is 0 Å². The highest BCUT2D eigenvalue weighted by Crippen LogP contribution is 2.53. The van der Waals surface area contributed by atoms with Gasteiger partial charge in [-0.2, -0.15) is 0 Å². The molecule has 4 saturated carbocycles. The fourth-order valence-corrected chi connectivity index (χ4v) is 5.75. The van der Waals surface area contributed by atoms with Gasteiger partial charge in [-0.05, 0) is 67.6 Å². The van der Waals surface area contributed by atoms with E-state index < -0.39 is 0 Å². The fourth-order valence-electron chi connectivity index (χ4n) is 4.18. The van der Waals surface area contributed by atoms with Crippen molar-refractivity contribution in [1.82, 2.24) is 0 Å². The quantitative estimate of drug-likeness (QED) is 0.562. The van der Waals surface area contributed by atoms with E-state index in [9.17, 15) is 0 Å². The van der Waals surface area contributed by atoms with Gasteiger partial charge >= 0.3 is 0 Å². The first kappa shape index (κ1) is 10.6. The van der Waals surface area contributed by atoms with Gasteiger partial charge in [-0.25, -0.2) is 0 Å². The molecule has 0 unspecified atom stereocenters. The molecule has 1 heterocycles. The van der Waals surface area contributed by atoms with Gasteiger partial charge in [-0.15, -0.1) is 0 Å². The van der Waals surface area contributed by atoms with Gasteiger partial charge in [-0.1, -0.05) is 27.7 Å². The molecule has 0 aromatic rings. The second-order valence-electron chi connectivity index (χ2n) is 5.63. The molecule has 2 heteroatoms. The summed E-state index contributed by atoms with van der Waals surface area (Å²) >= 11 is 0. The topological polar surface area (TPSA) is 0 Å². The van der Waals surface area contributed by atoms with Gasteiger partial charge in [0.15, 0.2) is 0 Å². The normalized spacial score (nSPS) is 45.3. The van der Waals surface area contributed by atoms with E-state index in [-0.39, 0.29) is 0 Å². The number of rotatable bonds is 0. The molecule has 0 aromatic carbocycles. The van der Waals surface area contributed by atoms with Crippen molar-refractivity contribution in [3.05, 3.63) is 11.5 Å². The van der Waals surface area contributed by atoms with E-state index in [0.29, 0.717) is 0 Å². The first-order valence-corrected chi connectivity index (χ1v) is 8.71. The van der Waals surface area contributed by atoms with E-state index in [0.717, 1.165) is 0 Å². The largest absolute Gasteiger partial charge is 0.0854 e. The molecule has 5 aliphatic rings. The van der Waals surface area contributed by atoms with Crippen molar-refractivity contribution in [3.8, 4) is 0 Å². The highest BCUT2D eigenvalue weighted by atomic mass is 33.1. The third-order valence-electron chi connectivity index (χ3n) is 4.38. The summed E-state index contributed by atoms with van der Waals surface area (Å²) in [5, 5.41) is 2.12. The molecule has 0 saturated heterocycles. The van der Waals surface area contributed by atoms with Gasteiger partial charge < -0.3 is 0 Å². The van der Waals surface area contributed by atoms with E-state index >= 15 is 0 Å². The molecule has 0 nitrogen and oxygen atoms in total. The highest BCUT2D eigenvalue weighted by Gasteiger charge is 2.41. The second kappa shape index (κ2) is 4.75. The summed E-state index contributed by atoms with van der Waals surface area (Å²) < 4.78 is 0. The van der Waals surface area contributed by atoms with Crippen LogP contribution in [0, 0.1) is 23.7 Å². The summed E-state index contributed by atoms with van der Waals surface area (Å²) in [6.07, 6.45) is 11.8. The molecule has 84 valence electrons. The molecule has 0 N–H and O–H groups in total. The van der Waals surface area contributed by atoms with E-state index in [4.69, 9.17) is 0 Å². The molecule has 0 spiro atoms. The van der Waals surface area contributed by atoms with Crippen LogP contribution in [-0.4, -0.2) is 5.75 Å². The van der Waals surface area contributed by atoms with Gasteiger partial charge in [0, 0.05) is 5.75 Å². The van der Waals surface area contributed by atoms with Crippen LogP contribution >= 0.6 is 21.6 Å². The SMILES string of the molecule is C1=CSSC1.C1C2CC3CC1CC(C2)C3. The Bertz CT molecular complexity index is 184. The molecule has 0 atom stereocenters. The van der Waals surface area contributed by atoms with Crippen LogP contribution in [0.2, 0.25) is 0 Å².